The molecule has 1 saturated heterocycles. The molecule has 19 heavy (non-hydrogen) atoms. The maximum absolute atomic E-state index is 12.7. The minimum Gasteiger partial charge on any atom is -0.333 e. The van der Waals surface area contributed by atoms with Gasteiger partial charge in [0, 0.05) is 18.0 Å². The first-order valence-electron chi connectivity index (χ1n) is 7.16. The first-order valence-corrected chi connectivity index (χ1v) is 8.04. The van der Waals surface area contributed by atoms with Crippen LogP contribution in [0.15, 0.2) is 5.51 Å². The smallest absolute Gasteiger partial charge is 0.266 e. The van der Waals surface area contributed by atoms with Gasteiger partial charge in [0.05, 0.1) is 11.2 Å². The highest BCUT2D eigenvalue weighted by Gasteiger charge is 2.54. The van der Waals surface area contributed by atoms with Crippen LogP contribution in [0.2, 0.25) is 0 Å². The van der Waals surface area contributed by atoms with Gasteiger partial charge in [0.25, 0.3) is 5.91 Å². The van der Waals surface area contributed by atoms with E-state index in [0.717, 1.165) is 23.0 Å². The van der Waals surface area contributed by atoms with E-state index in [-0.39, 0.29) is 5.91 Å². The summed E-state index contributed by atoms with van der Waals surface area (Å²) < 4.78 is 0. The topological polar surface area (TPSA) is 33.2 Å². The highest BCUT2D eigenvalue weighted by atomic mass is 32.1. The predicted octanol–water partition coefficient (Wildman–Crippen LogP) is 3.53. The summed E-state index contributed by atoms with van der Waals surface area (Å²) in [4.78, 5) is 20.1. The second-order valence-corrected chi connectivity index (χ2v) is 7.78. The van der Waals surface area contributed by atoms with Crippen molar-refractivity contribution in [1.29, 1.82) is 0 Å². The molecular formula is C15H22N2OS. The van der Waals surface area contributed by atoms with Crippen molar-refractivity contribution in [2.45, 2.75) is 52.5 Å². The van der Waals surface area contributed by atoms with E-state index in [9.17, 15) is 4.79 Å². The molecule has 104 valence electrons. The van der Waals surface area contributed by atoms with Crippen molar-refractivity contribution < 1.29 is 4.79 Å². The number of thiazole rings is 1. The molecule has 2 fully saturated rings. The van der Waals surface area contributed by atoms with Gasteiger partial charge < -0.3 is 4.90 Å². The number of carbonyl (C=O) groups excluding carboxylic acids is 1. The van der Waals surface area contributed by atoms with Gasteiger partial charge >= 0.3 is 0 Å². The standard InChI is InChI=1S/C15H22N2OS/c1-9(2)11-12(19-8-16-11)14(18)17-7-15(3,4)13(17)10-5-6-10/h8-10,13H,5-7H2,1-4H3. The van der Waals surface area contributed by atoms with E-state index in [1.807, 2.05) is 0 Å². The highest BCUT2D eigenvalue weighted by Crippen LogP contribution is 2.50. The minimum atomic E-state index is 0.211. The fourth-order valence-corrected chi connectivity index (χ4v) is 4.30. The van der Waals surface area contributed by atoms with Gasteiger partial charge in [-0.2, -0.15) is 0 Å². The molecule has 2 aliphatic rings. The zero-order chi connectivity index (χ0) is 13.8. The van der Waals surface area contributed by atoms with E-state index in [1.165, 1.54) is 24.2 Å². The maximum atomic E-state index is 12.7. The SMILES string of the molecule is CC(C)c1ncsc1C(=O)N1CC(C)(C)C1C1CC1. The molecule has 1 amide bonds. The van der Waals surface area contributed by atoms with Crippen molar-refractivity contribution in [3.63, 3.8) is 0 Å². The van der Waals surface area contributed by atoms with E-state index in [1.54, 1.807) is 5.51 Å². The van der Waals surface area contributed by atoms with Gasteiger partial charge in [0.1, 0.15) is 4.88 Å². The van der Waals surface area contributed by atoms with Crippen molar-refractivity contribution in [2.75, 3.05) is 6.54 Å². The zero-order valence-corrected chi connectivity index (χ0v) is 13.0. The summed E-state index contributed by atoms with van der Waals surface area (Å²) in [5.74, 6) is 1.27. The molecular weight excluding hydrogens is 256 g/mol. The molecule has 0 radical (unpaired) electrons. The molecule has 1 aromatic heterocycles. The van der Waals surface area contributed by atoms with E-state index in [2.05, 4.69) is 37.6 Å². The van der Waals surface area contributed by atoms with Gasteiger partial charge in [-0.15, -0.1) is 11.3 Å². The first-order chi connectivity index (χ1) is 8.92. The van der Waals surface area contributed by atoms with Crippen molar-refractivity contribution in [1.82, 2.24) is 9.88 Å². The van der Waals surface area contributed by atoms with E-state index in [4.69, 9.17) is 0 Å². The molecule has 0 spiro atoms. The van der Waals surface area contributed by atoms with Crippen LogP contribution in [0.1, 0.15) is 61.8 Å². The molecule has 1 aliphatic carbocycles. The largest absolute Gasteiger partial charge is 0.333 e. The van der Waals surface area contributed by atoms with Crippen LogP contribution in [0.3, 0.4) is 0 Å². The number of amides is 1. The summed E-state index contributed by atoms with van der Waals surface area (Å²) in [5.41, 5.74) is 3.06. The molecule has 1 atom stereocenters. The highest BCUT2D eigenvalue weighted by molar-refractivity contribution is 7.11. The Balaban J connectivity index is 1.83. The third-order valence-corrected chi connectivity index (χ3v) is 5.21. The van der Waals surface area contributed by atoms with E-state index < -0.39 is 0 Å². The number of nitrogens with zero attached hydrogens (tertiary/aromatic N) is 2. The Morgan fingerprint density at radius 2 is 2.16 bits per heavy atom. The van der Waals surface area contributed by atoms with Crippen LogP contribution < -0.4 is 0 Å². The van der Waals surface area contributed by atoms with Crippen LogP contribution >= 0.6 is 11.3 Å². The normalized spacial score (nSPS) is 25.5. The van der Waals surface area contributed by atoms with Crippen LogP contribution in [0.25, 0.3) is 0 Å². The van der Waals surface area contributed by atoms with Crippen LogP contribution in [0.5, 0.6) is 0 Å². The Bertz CT molecular complexity index is 502. The van der Waals surface area contributed by atoms with Gasteiger partial charge in [0.2, 0.25) is 0 Å². The fourth-order valence-electron chi connectivity index (χ4n) is 3.40. The predicted molar refractivity (Wildman–Crippen MR) is 77.5 cm³/mol. The molecule has 3 nitrogen and oxygen atoms in total. The Morgan fingerprint density at radius 1 is 1.47 bits per heavy atom. The average Bonchev–Trinajstić information content (AvgIpc) is 2.98. The average molecular weight is 278 g/mol. The summed E-state index contributed by atoms with van der Waals surface area (Å²) >= 11 is 1.50. The van der Waals surface area contributed by atoms with Gasteiger partial charge in [-0.1, -0.05) is 27.7 Å². The third kappa shape index (κ3) is 2.10. The van der Waals surface area contributed by atoms with Crippen molar-refractivity contribution in [3.8, 4) is 0 Å². The summed E-state index contributed by atoms with van der Waals surface area (Å²) in [7, 11) is 0. The summed E-state index contributed by atoms with van der Waals surface area (Å²) in [6.07, 6.45) is 2.58. The third-order valence-electron chi connectivity index (χ3n) is 4.38. The number of hydrogen-bond acceptors (Lipinski definition) is 3. The Kier molecular flexibility index (Phi) is 2.97. The molecule has 0 N–H and O–H groups in total. The van der Waals surface area contributed by atoms with Gasteiger partial charge in [-0.3, -0.25) is 4.79 Å². The lowest BCUT2D eigenvalue weighted by molar-refractivity contribution is -0.0407. The molecule has 1 aliphatic heterocycles. The fraction of sp³-hybridized carbons (Fsp3) is 0.733. The maximum Gasteiger partial charge on any atom is 0.266 e. The zero-order valence-electron chi connectivity index (χ0n) is 12.1. The molecule has 0 bridgehead atoms. The van der Waals surface area contributed by atoms with Crippen LogP contribution in [-0.4, -0.2) is 28.4 Å². The second kappa shape index (κ2) is 4.30. The van der Waals surface area contributed by atoms with Gasteiger partial charge in [-0.25, -0.2) is 4.98 Å². The summed E-state index contributed by atoms with van der Waals surface area (Å²) in [6, 6.07) is 0.446. The number of likely N-dealkylation sites (tertiary alicyclic amines) is 1. The van der Waals surface area contributed by atoms with Crippen molar-refractivity contribution in [2.24, 2.45) is 11.3 Å². The number of aromatic nitrogens is 1. The molecule has 0 aromatic carbocycles. The molecule has 2 heterocycles. The Hall–Kier alpha value is -0.900. The molecule has 4 heteroatoms. The quantitative estimate of drug-likeness (QED) is 0.847. The van der Waals surface area contributed by atoms with E-state index in [0.29, 0.717) is 17.4 Å². The molecule has 1 saturated carbocycles. The van der Waals surface area contributed by atoms with E-state index >= 15 is 0 Å². The lowest BCUT2D eigenvalue weighted by Crippen LogP contribution is -2.64. The monoisotopic (exact) mass is 278 g/mol. The van der Waals surface area contributed by atoms with Crippen molar-refractivity contribution >= 4 is 17.2 Å². The summed E-state index contributed by atoms with van der Waals surface area (Å²) in [5, 5.41) is 0. The molecule has 1 unspecified atom stereocenters. The minimum absolute atomic E-state index is 0.211. The lowest BCUT2D eigenvalue weighted by Gasteiger charge is -2.54. The number of rotatable bonds is 3. The first kappa shape index (κ1) is 13.1. The van der Waals surface area contributed by atoms with Gasteiger partial charge in [0.15, 0.2) is 0 Å². The molecule has 1 aromatic rings. The Labute approximate surface area is 119 Å². The summed E-state index contributed by atoms with van der Waals surface area (Å²) in [6.45, 7) is 9.67. The van der Waals surface area contributed by atoms with Gasteiger partial charge in [-0.05, 0) is 24.7 Å². The number of carbonyl (C=O) groups is 1. The van der Waals surface area contributed by atoms with Crippen molar-refractivity contribution in [3.05, 3.63) is 16.1 Å². The van der Waals surface area contributed by atoms with Crippen LogP contribution in [0.4, 0.5) is 0 Å². The second-order valence-electron chi connectivity index (χ2n) is 6.93. The van der Waals surface area contributed by atoms with Crippen LogP contribution in [0, 0.1) is 11.3 Å². The lowest BCUT2D eigenvalue weighted by atomic mass is 9.72. The molecule has 3 rings (SSSR count). The number of hydrogen-bond donors (Lipinski definition) is 0. The Morgan fingerprint density at radius 3 is 2.68 bits per heavy atom. The van der Waals surface area contributed by atoms with Crippen LogP contribution in [-0.2, 0) is 0 Å².